The maximum Gasteiger partial charge on any atom is 0.377 e. The molecule has 0 saturated carbocycles. The molecule has 0 aliphatic carbocycles. The van der Waals surface area contributed by atoms with E-state index in [0.717, 1.165) is 11.8 Å². The molecule has 0 aliphatic rings. The fourth-order valence-corrected chi connectivity index (χ4v) is 1.59. The van der Waals surface area contributed by atoms with Crippen LogP contribution >= 0.6 is 0 Å². The van der Waals surface area contributed by atoms with Crippen molar-refractivity contribution < 1.29 is 19.1 Å². The van der Waals surface area contributed by atoms with Crippen molar-refractivity contribution in [3.63, 3.8) is 0 Å². The van der Waals surface area contributed by atoms with Gasteiger partial charge in [0.25, 0.3) is 5.78 Å². The highest BCUT2D eigenvalue weighted by Crippen LogP contribution is 2.20. The molecule has 2 aromatic rings. The molecule has 16 heavy (non-hydrogen) atoms. The molecule has 1 aromatic heterocycles. The topological polar surface area (TPSA) is 70.2 Å². The molecular weight excluding hydrogens is 213 g/mol. The molecule has 2 N–H and O–H groups in total. The molecule has 0 fully saturated rings. The zero-order chi connectivity index (χ0) is 11.9. The van der Waals surface area contributed by atoms with Gasteiger partial charge in [-0.25, -0.2) is 9.18 Å². The number of aryl methyl sites for hydroxylation is 1. The highest BCUT2D eigenvalue weighted by atomic mass is 19.1. The summed E-state index contributed by atoms with van der Waals surface area (Å²) < 4.78 is 13.4. The number of carbonyl (C=O) groups excluding carboxylic acids is 1. The van der Waals surface area contributed by atoms with E-state index in [1.807, 2.05) is 0 Å². The van der Waals surface area contributed by atoms with Crippen LogP contribution in [-0.4, -0.2) is 21.8 Å². The number of rotatable bonds is 2. The summed E-state index contributed by atoms with van der Waals surface area (Å²) in [6, 6.07) is 4.08. The van der Waals surface area contributed by atoms with Gasteiger partial charge in [0.05, 0.1) is 5.56 Å². The van der Waals surface area contributed by atoms with E-state index in [4.69, 9.17) is 5.11 Å². The number of benzene rings is 1. The maximum atomic E-state index is 13.4. The Hall–Kier alpha value is -2.17. The smallest absolute Gasteiger partial charge is 0.377 e. The lowest BCUT2D eigenvalue weighted by Gasteiger charge is -1.99. The second kappa shape index (κ2) is 3.44. The number of carbonyl (C=O) groups is 2. The summed E-state index contributed by atoms with van der Waals surface area (Å²) in [6.07, 6.45) is 0. The molecule has 0 amide bonds. The Kier molecular flexibility index (Phi) is 2.23. The molecule has 0 saturated heterocycles. The number of hydrogen-bond acceptors (Lipinski definition) is 2. The zero-order valence-electron chi connectivity index (χ0n) is 8.37. The molecule has 0 unspecified atom stereocenters. The second-order valence-corrected chi connectivity index (χ2v) is 3.51. The number of H-pyrrole nitrogens is 1. The molecule has 0 radical (unpaired) electrons. The van der Waals surface area contributed by atoms with E-state index < -0.39 is 23.1 Å². The number of hydrogen-bond donors (Lipinski definition) is 2. The molecule has 4 nitrogen and oxygen atoms in total. The second-order valence-electron chi connectivity index (χ2n) is 3.51. The van der Waals surface area contributed by atoms with Gasteiger partial charge in [0.15, 0.2) is 0 Å². The van der Waals surface area contributed by atoms with Gasteiger partial charge in [-0.15, -0.1) is 0 Å². The summed E-state index contributed by atoms with van der Waals surface area (Å²) >= 11 is 0. The zero-order valence-corrected chi connectivity index (χ0v) is 8.37. The summed E-state index contributed by atoms with van der Waals surface area (Å²) in [6.45, 7) is 1.79. The highest BCUT2D eigenvalue weighted by Gasteiger charge is 2.19. The molecule has 0 spiro atoms. The monoisotopic (exact) mass is 221 g/mol. The number of Topliss-reactive ketones (excluding diaryl/α,β-unsaturated/α-hetero) is 1. The first-order valence-corrected chi connectivity index (χ1v) is 4.55. The third-order valence-electron chi connectivity index (χ3n) is 2.28. The van der Waals surface area contributed by atoms with Gasteiger partial charge < -0.3 is 10.1 Å². The number of aromatic nitrogens is 1. The molecule has 82 valence electrons. The van der Waals surface area contributed by atoms with Crippen LogP contribution in [0.1, 0.15) is 16.1 Å². The molecule has 1 heterocycles. The van der Waals surface area contributed by atoms with Crippen LogP contribution in [0, 0.1) is 12.7 Å². The SMILES string of the molecule is Cc1cc2cc(F)c(C(=O)C(=O)O)cc2[nH]1. The van der Waals surface area contributed by atoms with Gasteiger partial charge in [0.1, 0.15) is 5.82 Å². The van der Waals surface area contributed by atoms with Crippen LogP contribution in [0.4, 0.5) is 4.39 Å². The Morgan fingerprint density at radius 3 is 2.62 bits per heavy atom. The molecule has 2 rings (SSSR count). The molecule has 1 aromatic carbocycles. The highest BCUT2D eigenvalue weighted by molar-refractivity contribution is 6.40. The number of ketones is 1. The van der Waals surface area contributed by atoms with Crippen LogP contribution in [0.2, 0.25) is 0 Å². The van der Waals surface area contributed by atoms with E-state index >= 15 is 0 Å². The Bertz CT molecular complexity index is 601. The van der Waals surface area contributed by atoms with Crippen LogP contribution in [0.15, 0.2) is 18.2 Å². The lowest BCUT2D eigenvalue weighted by atomic mass is 10.1. The minimum Gasteiger partial charge on any atom is -0.475 e. The van der Waals surface area contributed by atoms with E-state index in [-0.39, 0.29) is 0 Å². The fraction of sp³-hybridized carbons (Fsp3) is 0.0909. The average Bonchev–Trinajstić information content (AvgIpc) is 2.54. The quantitative estimate of drug-likeness (QED) is 0.600. The molecule has 0 bridgehead atoms. The van der Waals surface area contributed by atoms with Crippen molar-refractivity contribution in [2.45, 2.75) is 6.92 Å². The number of aliphatic carboxylic acids is 1. The van der Waals surface area contributed by atoms with E-state index in [9.17, 15) is 14.0 Å². The maximum absolute atomic E-state index is 13.4. The van der Waals surface area contributed by atoms with Crippen molar-refractivity contribution in [1.29, 1.82) is 0 Å². The third-order valence-corrected chi connectivity index (χ3v) is 2.28. The Balaban J connectivity index is 2.66. The summed E-state index contributed by atoms with van der Waals surface area (Å²) in [5.74, 6) is -3.73. The number of nitrogens with one attached hydrogen (secondary N) is 1. The summed E-state index contributed by atoms with van der Waals surface area (Å²) in [5.41, 5.74) is 0.930. The average molecular weight is 221 g/mol. The van der Waals surface area contributed by atoms with Gasteiger partial charge in [0.2, 0.25) is 0 Å². The minimum atomic E-state index is -1.67. The van der Waals surface area contributed by atoms with Crippen LogP contribution < -0.4 is 0 Å². The largest absolute Gasteiger partial charge is 0.475 e. The van der Waals surface area contributed by atoms with E-state index in [1.54, 1.807) is 13.0 Å². The number of halogens is 1. The van der Waals surface area contributed by atoms with Gasteiger partial charge >= 0.3 is 5.97 Å². The van der Waals surface area contributed by atoms with Crippen molar-refractivity contribution in [2.24, 2.45) is 0 Å². The van der Waals surface area contributed by atoms with Crippen molar-refractivity contribution in [2.75, 3.05) is 0 Å². The van der Waals surface area contributed by atoms with E-state index in [0.29, 0.717) is 10.9 Å². The van der Waals surface area contributed by atoms with E-state index in [2.05, 4.69) is 4.98 Å². The Labute approximate surface area is 89.7 Å². The van der Waals surface area contributed by atoms with Crippen molar-refractivity contribution in [3.05, 3.63) is 35.3 Å². The summed E-state index contributed by atoms with van der Waals surface area (Å²) in [7, 11) is 0. The number of aromatic amines is 1. The van der Waals surface area contributed by atoms with Crippen LogP contribution in [0.5, 0.6) is 0 Å². The Morgan fingerprint density at radius 1 is 1.31 bits per heavy atom. The van der Waals surface area contributed by atoms with Crippen LogP contribution in [0.25, 0.3) is 10.9 Å². The third kappa shape index (κ3) is 1.56. The first-order chi connectivity index (χ1) is 7.49. The van der Waals surface area contributed by atoms with E-state index in [1.165, 1.54) is 6.07 Å². The normalized spacial score (nSPS) is 10.6. The standard InChI is InChI=1S/C11H8FNO3/c1-5-2-6-3-8(12)7(4-9(6)13-5)10(14)11(15)16/h2-4,13H,1H3,(H,15,16). The van der Waals surface area contributed by atoms with Gasteiger partial charge in [-0.3, -0.25) is 4.79 Å². The predicted molar refractivity (Wildman–Crippen MR) is 55.0 cm³/mol. The summed E-state index contributed by atoms with van der Waals surface area (Å²) in [4.78, 5) is 24.5. The first kappa shape index (κ1) is 10.4. The number of carboxylic acids is 1. The van der Waals surface area contributed by atoms with Gasteiger partial charge in [-0.05, 0) is 25.1 Å². The predicted octanol–water partition coefficient (Wildman–Crippen LogP) is 1.88. The summed E-state index contributed by atoms with van der Waals surface area (Å²) in [5, 5.41) is 9.12. The van der Waals surface area contributed by atoms with Crippen LogP contribution in [0.3, 0.4) is 0 Å². The number of fused-ring (bicyclic) bond motifs is 1. The fourth-order valence-electron chi connectivity index (χ4n) is 1.59. The molecule has 5 heteroatoms. The first-order valence-electron chi connectivity index (χ1n) is 4.55. The van der Waals surface area contributed by atoms with Crippen molar-refractivity contribution in [1.82, 2.24) is 4.98 Å². The number of carboxylic acid groups (broad SMARTS) is 1. The minimum absolute atomic E-state index is 0.429. The van der Waals surface area contributed by atoms with Crippen LogP contribution in [-0.2, 0) is 4.79 Å². The van der Waals surface area contributed by atoms with Gasteiger partial charge in [0, 0.05) is 16.6 Å². The van der Waals surface area contributed by atoms with Crippen molar-refractivity contribution >= 4 is 22.7 Å². The lowest BCUT2D eigenvalue weighted by molar-refractivity contribution is -0.131. The molecular formula is C11H8FNO3. The van der Waals surface area contributed by atoms with Gasteiger partial charge in [-0.2, -0.15) is 0 Å². The molecule has 0 aliphatic heterocycles. The molecule has 0 atom stereocenters. The Morgan fingerprint density at radius 2 is 2.00 bits per heavy atom. The van der Waals surface area contributed by atoms with Crippen molar-refractivity contribution in [3.8, 4) is 0 Å². The lowest BCUT2D eigenvalue weighted by Crippen LogP contribution is -2.14. The van der Waals surface area contributed by atoms with Gasteiger partial charge in [-0.1, -0.05) is 0 Å².